The summed E-state index contributed by atoms with van der Waals surface area (Å²) in [7, 11) is 1.63. The smallest absolute Gasteiger partial charge is 0.251 e. The zero-order valence-electron chi connectivity index (χ0n) is 11.7. The molecule has 1 aromatic carbocycles. The Morgan fingerprint density at radius 3 is 2.56 bits per heavy atom. The number of methoxy groups -OCH3 is 1. The highest BCUT2D eigenvalue weighted by molar-refractivity contribution is 5.94. The van der Waals surface area contributed by atoms with Crippen molar-refractivity contribution in [2.75, 3.05) is 13.7 Å². The Labute approximate surface area is 110 Å². The minimum absolute atomic E-state index is 0.0117. The average Bonchev–Trinajstić information content (AvgIpc) is 3.22. The molecule has 1 aliphatic rings. The second-order valence-corrected chi connectivity index (χ2v) is 4.34. The van der Waals surface area contributed by atoms with Gasteiger partial charge in [0.2, 0.25) is 0 Å². The SMILES string of the molecule is CC.COc1ccc(C(=O)NCC2CC2)cc1C. The number of aryl methyl sites for hydroxylation is 1. The Kier molecular flexibility index (Phi) is 5.69. The number of amides is 1. The van der Waals surface area contributed by atoms with Crippen molar-refractivity contribution in [1.29, 1.82) is 0 Å². The van der Waals surface area contributed by atoms with Crippen LogP contribution in [0.1, 0.15) is 42.6 Å². The van der Waals surface area contributed by atoms with Gasteiger partial charge in [0.15, 0.2) is 0 Å². The Morgan fingerprint density at radius 2 is 2.06 bits per heavy atom. The molecule has 0 unspecified atom stereocenters. The standard InChI is InChI=1S/C13H17NO2.C2H6/c1-9-7-11(5-6-12(9)16-2)13(15)14-8-10-3-4-10;1-2/h5-7,10H,3-4,8H2,1-2H3,(H,14,15);1-2H3. The molecule has 1 saturated carbocycles. The van der Waals surface area contributed by atoms with Gasteiger partial charge in [-0.2, -0.15) is 0 Å². The molecule has 1 N–H and O–H groups in total. The van der Waals surface area contributed by atoms with E-state index < -0.39 is 0 Å². The first-order valence-electron chi connectivity index (χ1n) is 6.63. The van der Waals surface area contributed by atoms with Crippen molar-refractivity contribution >= 4 is 5.91 Å². The summed E-state index contributed by atoms with van der Waals surface area (Å²) < 4.78 is 5.16. The number of rotatable bonds is 4. The van der Waals surface area contributed by atoms with E-state index in [2.05, 4.69) is 5.32 Å². The van der Waals surface area contributed by atoms with E-state index in [-0.39, 0.29) is 5.91 Å². The third-order valence-electron chi connectivity index (χ3n) is 2.91. The fourth-order valence-electron chi connectivity index (χ4n) is 1.68. The first-order valence-corrected chi connectivity index (χ1v) is 6.63. The summed E-state index contributed by atoms with van der Waals surface area (Å²) in [5, 5.41) is 2.95. The van der Waals surface area contributed by atoms with E-state index >= 15 is 0 Å². The van der Waals surface area contributed by atoms with Crippen molar-refractivity contribution in [2.24, 2.45) is 5.92 Å². The normalized spacial score (nSPS) is 13.3. The maximum absolute atomic E-state index is 11.8. The molecule has 3 heteroatoms. The zero-order valence-corrected chi connectivity index (χ0v) is 11.7. The van der Waals surface area contributed by atoms with Gasteiger partial charge >= 0.3 is 0 Å². The predicted molar refractivity (Wildman–Crippen MR) is 74.1 cm³/mol. The van der Waals surface area contributed by atoms with E-state index in [4.69, 9.17) is 4.74 Å². The Morgan fingerprint density at radius 1 is 1.39 bits per heavy atom. The van der Waals surface area contributed by atoms with Gasteiger partial charge in [-0.3, -0.25) is 4.79 Å². The van der Waals surface area contributed by atoms with E-state index in [0.717, 1.165) is 17.9 Å². The van der Waals surface area contributed by atoms with Crippen LogP contribution in [0.5, 0.6) is 5.75 Å². The molecule has 3 nitrogen and oxygen atoms in total. The lowest BCUT2D eigenvalue weighted by molar-refractivity contribution is 0.0951. The molecule has 2 rings (SSSR count). The van der Waals surface area contributed by atoms with Gasteiger partial charge in [-0.25, -0.2) is 0 Å². The third kappa shape index (κ3) is 4.06. The Balaban J connectivity index is 0.000000771. The quantitative estimate of drug-likeness (QED) is 0.890. The molecule has 18 heavy (non-hydrogen) atoms. The van der Waals surface area contributed by atoms with Crippen molar-refractivity contribution in [3.8, 4) is 5.75 Å². The van der Waals surface area contributed by atoms with Crippen LogP contribution in [0, 0.1) is 12.8 Å². The number of ether oxygens (including phenoxy) is 1. The fraction of sp³-hybridized carbons (Fsp3) is 0.533. The molecular weight excluding hydrogens is 226 g/mol. The summed E-state index contributed by atoms with van der Waals surface area (Å²) in [6.07, 6.45) is 2.50. The summed E-state index contributed by atoms with van der Waals surface area (Å²) in [5.41, 5.74) is 1.69. The molecule has 0 atom stereocenters. The molecule has 0 heterocycles. The molecule has 0 spiro atoms. The molecule has 100 valence electrons. The van der Waals surface area contributed by atoms with E-state index in [9.17, 15) is 4.79 Å². The van der Waals surface area contributed by atoms with Gasteiger partial charge in [-0.05, 0) is 49.4 Å². The fourth-order valence-corrected chi connectivity index (χ4v) is 1.68. The topological polar surface area (TPSA) is 38.3 Å². The molecule has 1 aliphatic carbocycles. The average molecular weight is 249 g/mol. The van der Waals surface area contributed by atoms with E-state index in [1.165, 1.54) is 12.8 Å². The molecular formula is C15H23NO2. The van der Waals surface area contributed by atoms with Crippen LogP contribution in [-0.2, 0) is 0 Å². The van der Waals surface area contributed by atoms with Crippen LogP contribution in [0.2, 0.25) is 0 Å². The van der Waals surface area contributed by atoms with Crippen LogP contribution in [0.15, 0.2) is 18.2 Å². The minimum Gasteiger partial charge on any atom is -0.496 e. The summed E-state index contributed by atoms with van der Waals surface area (Å²) in [6.45, 7) is 6.75. The van der Waals surface area contributed by atoms with Crippen LogP contribution in [0.4, 0.5) is 0 Å². The molecule has 0 saturated heterocycles. The van der Waals surface area contributed by atoms with Gasteiger partial charge in [0, 0.05) is 12.1 Å². The first kappa shape index (κ1) is 14.6. The lowest BCUT2D eigenvalue weighted by Gasteiger charge is -2.07. The summed E-state index contributed by atoms with van der Waals surface area (Å²) in [5.74, 6) is 1.54. The number of carbonyl (C=O) groups excluding carboxylic acids is 1. The molecule has 0 bridgehead atoms. The molecule has 0 aromatic heterocycles. The highest BCUT2D eigenvalue weighted by atomic mass is 16.5. The molecule has 0 radical (unpaired) electrons. The minimum atomic E-state index is 0.0117. The van der Waals surface area contributed by atoms with Crippen LogP contribution < -0.4 is 10.1 Å². The highest BCUT2D eigenvalue weighted by Gasteiger charge is 2.21. The van der Waals surface area contributed by atoms with Gasteiger partial charge in [0.25, 0.3) is 5.91 Å². The second kappa shape index (κ2) is 7.04. The van der Waals surface area contributed by atoms with Gasteiger partial charge in [0.05, 0.1) is 7.11 Å². The highest BCUT2D eigenvalue weighted by Crippen LogP contribution is 2.27. The lowest BCUT2D eigenvalue weighted by atomic mass is 10.1. The van der Waals surface area contributed by atoms with Crippen LogP contribution >= 0.6 is 0 Å². The van der Waals surface area contributed by atoms with Crippen molar-refractivity contribution < 1.29 is 9.53 Å². The maximum atomic E-state index is 11.8. The number of carbonyl (C=O) groups is 1. The van der Waals surface area contributed by atoms with E-state index in [0.29, 0.717) is 11.5 Å². The van der Waals surface area contributed by atoms with Crippen LogP contribution in [-0.4, -0.2) is 19.6 Å². The van der Waals surface area contributed by atoms with Crippen molar-refractivity contribution in [3.05, 3.63) is 29.3 Å². The van der Waals surface area contributed by atoms with E-state index in [1.807, 2.05) is 32.9 Å². The van der Waals surface area contributed by atoms with Crippen molar-refractivity contribution in [2.45, 2.75) is 33.6 Å². The molecule has 1 aromatic rings. The van der Waals surface area contributed by atoms with Crippen LogP contribution in [0.3, 0.4) is 0 Å². The molecule has 0 aliphatic heterocycles. The number of hydrogen-bond acceptors (Lipinski definition) is 2. The molecule has 1 amide bonds. The Bertz CT molecular complexity index is 397. The summed E-state index contributed by atoms with van der Waals surface area (Å²) in [4.78, 5) is 11.8. The Hall–Kier alpha value is -1.51. The lowest BCUT2D eigenvalue weighted by Crippen LogP contribution is -2.25. The number of hydrogen-bond donors (Lipinski definition) is 1. The van der Waals surface area contributed by atoms with Gasteiger partial charge < -0.3 is 10.1 Å². The summed E-state index contributed by atoms with van der Waals surface area (Å²) >= 11 is 0. The monoisotopic (exact) mass is 249 g/mol. The second-order valence-electron chi connectivity index (χ2n) is 4.34. The maximum Gasteiger partial charge on any atom is 0.251 e. The van der Waals surface area contributed by atoms with Gasteiger partial charge in [-0.15, -0.1) is 0 Å². The van der Waals surface area contributed by atoms with Crippen molar-refractivity contribution in [3.63, 3.8) is 0 Å². The number of nitrogens with one attached hydrogen (secondary N) is 1. The molecule has 1 fully saturated rings. The summed E-state index contributed by atoms with van der Waals surface area (Å²) in [6, 6.07) is 5.50. The third-order valence-corrected chi connectivity index (χ3v) is 2.91. The van der Waals surface area contributed by atoms with Gasteiger partial charge in [-0.1, -0.05) is 13.8 Å². The van der Waals surface area contributed by atoms with Crippen molar-refractivity contribution in [1.82, 2.24) is 5.32 Å². The largest absolute Gasteiger partial charge is 0.496 e. The first-order chi connectivity index (χ1) is 8.70. The van der Waals surface area contributed by atoms with Gasteiger partial charge in [0.1, 0.15) is 5.75 Å². The predicted octanol–water partition coefficient (Wildman–Crippen LogP) is 3.17. The zero-order chi connectivity index (χ0) is 13.5. The van der Waals surface area contributed by atoms with E-state index in [1.54, 1.807) is 13.2 Å². The van der Waals surface area contributed by atoms with Crippen LogP contribution in [0.25, 0.3) is 0 Å². The number of benzene rings is 1.